The number of esters is 1. The molecular formula is C13H15N3O7. The molecule has 0 aliphatic rings. The molecule has 0 saturated heterocycles. The third kappa shape index (κ3) is 6.89. The van der Waals surface area contributed by atoms with E-state index in [2.05, 4.69) is 15.6 Å². The van der Waals surface area contributed by atoms with Gasteiger partial charge in [-0.05, 0) is 12.1 Å². The van der Waals surface area contributed by atoms with E-state index >= 15 is 0 Å². The molecule has 0 heterocycles. The summed E-state index contributed by atoms with van der Waals surface area (Å²) in [6, 6.07) is 5.17. The number of nitro benzene ring substituents is 1. The minimum Gasteiger partial charge on any atom is -0.484 e. The van der Waals surface area contributed by atoms with Crippen molar-refractivity contribution < 1.29 is 28.8 Å². The Bertz CT molecular complexity index is 586. The molecule has 0 saturated carbocycles. The van der Waals surface area contributed by atoms with Crippen LogP contribution < -0.4 is 15.6 Å². The summed E-state index contributed by atoms with van der Waals surface area (Å²) in [5, 5.41) is 10.5. The molecule has 0 fully saturated rings. The lowest BCUT2D eigenvalue weighted by atomic mass is 10.3. The first-order valence-electron chi connectivity index (χ1n) is 6.44. The molecule has 1 aromatic rings. The van der Waals surface area contributed by atoms with Crippen molar-refractivity contribution in [1.29, 1.82) is 0 Å². The van der Waals surface area contributed by atoms with E-state index in [0.29, 0.717) is 0 Å². The third-order valence-electron chi connectivity index (χ3n) is 2.54. The van der Waals surface area contributed by atoms with E-state index in [1.807, 2.05) is 0 Å². The van der Waals surface area contributed by atoms with Crippen molar-refractivity contribution in [3.05, 3.63) is 34.4 Å². The number of nitro groups is 1. The molecule has 0 bridgehead atoms. The van der Waals surface area contributed by atoms with E-state index in [0.717, 1.165) is 0 Å². The molecule has 0 atom stereocenters. The Morgan fingerprint density at radius 1 is 1.09 bits per heavy atom. The van der Waals surface area contributed by atoms with Gasteiger partial charge in [-0.2, -0.15) is 0 Å². The van der Waals surface area contributed by atoms with Crippen LogP contribution in [0.4, 0.5) is 5.69 Å². The lowest BCUT2D eigenvalue weighted by molar-refractivity contribution is -0.384. The van der Waals surface area contributed by atoms with Crippen molar-refractivity contribution in [1.82, 2.24) is 10.9 Å². The Labute approximate surface area is 130 Å². The highest BCUT2D eigenvalue weighted by Crippen LogP contribution is 2.16. The molecule has 0 aliphatic carbocycles. The van der Waals surface area contributed by atoms with Crippen LogP contribution in [-0.2, 0) is 19.1 Å². The number of carbonyl (C=O) groups is 3. The van der Waals surface area contributed by atoms with Crippen molar-refractivity contribution in [2.75, 3.05) is 13.7 Å². The number of hydrogen-bond acceptors (Lipinski definition) is 7. The lowest BCUT2D eigenvalue weighted by Crippen LogP contribution is -2.43. The van der Waals surface area contributed by atoms with Gasteiger partial charge in [-0.25, -0.2) is 0 Å². The monoisotopic (exact) mass is 325 g/mol. The van der Waals surface area contributed by atoms with Crippen LogP contribution >= 0.6 is 0 Å². The Morgan fingerprint density at radius 2 is 1.70 bits per heavy atom. The number of ether oxygens (including phenoxy) is 2. The van der Waals surface area contributed by atoms with Crippen molar-refractivity contribution in [2.24, 2.45) is 0 Å². The van der Waals surface area contributed by atoms with Gasteiger partial charge in [0.15, 0.2) is 6.61 Å². The van der Waals surface area contributed by atoms with Crippen LogP contribution in [0.5, 0.6) is 5.75 Å². The third-order valence-corrected chi connectivity index (χ3v) is 2.54. The minimum absolute atomic E-state index is 0.0975. The highest BCUT2D eigenvalue weighted by atomic mass is 16.6. The second kappa shape index (κ2) is 8.97. The maximum atomic E-state index is 11.4. The van der Waals surface area contributed by atoms with E-state index in [-0.39, 0.29) is 24.3 Å². The molecule has 0 radical (unpaired) electrons. The summed E-state index contributed by atoms with van der Waals surface area (Å²) < 4.78 is 9.46. The van der Waals surface area contributed by atoms with Crippen molar-refractivity contribution in [3.63, 3.8) is 0 Å². The maximum absolute atomic E-state index is 11.4. The second-order valence-electron chi connectivity index (χ2n) is 4.21. The predicted octanol–water partition coefficient (Wildman–Crippen LogP) is 0.0742. The molecule has 0 aliphatic heterocycles. The molecule has 1 rings (SSSR count). The molecule has 23 heavy (non-hydrogen) atoms. The topological polar surface area (TPSA) is 137 Å². The summed E-state index contributed by atoms with van der Waals surface area (Å²) in [5.41, 5.74) is 4.11. The fourth-order valence-electron chi connectivity index (χ4n) is 1.37. The Hall–Kier alpha value is -3.17. The number of methoxy groups -OCH3 is 1. The van der Waals surface area contributed by atoms with Gasteiger partial charge in [-0.1, -0.05) is 0 Å². The van der Waals surface area contributed by atoms with Crippen LogP contribution in [-0.4, -0.2) is 36.4 Å². The van der Waals surface area contributed by atoms with Gasteiger partial charge in [0.2, 0.25) is 5.91 Å². The quantitative estimate of drug-likeness (QED) is 0.411. The number of carbonyl (C=O) groups excluding carboxylic acids is 3. The number of nitrogens with one attached hydrogen (secondary N) is 2. The normalized spacial score (nSPS) is 9.61. The first kappa shape index (κ1) is 17.9. The molecule has 10 nitrogen and oxygen atoms in total. The Morgan fingerprint density at radius 3 is 2.26 bits per heavy atom. The second-order valence-corrected chi connectivity index (χ2v) is 4.21. The lowest BCUT2D eigenvalue weighted by Gasteiger charge is -2.08. The van der Waals surface area contributed by atoms with Crippen LogP contribution in [0.1, 0.15) is 12.8 Å². The van der Waals surface area contributed by atoms with Crippen LogP contribution in [0.2, 0.25) is 0 Å². The van der Waals surface area contributed by atoms with Gasteiger partial charge in [0, 0.05) is 18.6 Å². The first-order valence-corrected chi connectivity index (χ1v) is 6.44. The first-order chi connectivity index (χ1) is 10.9. The summed E-state index contributed by atoms with van der Waals surface area (Å²) in [6.45, 7) is -0.394. The summed E-state index contributed by atoms with van der Waals surface area (Å²) in [5.74, 6) is -1.45. The Balaban J connectivity index is 2.27. The highest BCUT2D eigenvalue weighted by molar-refractivity contribution is 5.84. The number of benzene rings is 1. The Kier molecular flexibility index (Phi) is 6.98. The number of nitrogens with zero attached hydrogens (tertiary/aromatic N) is 1. The van der Waals surface area contributed by atoms with Crippen LogP contribution in [0, 0.1) is 10.1 Å². The summed E-state index contributed by atoms with van der Waals surface area (Å²) in [6.07, 6.45) is -0.229. The van der Waals surface area contributed by atoms with E-state index in [1.54, 1.807) is 0 Å². The molecular weight excluding hydrogens is 310 g/mol. The number of non-ortho nitro benzene ring substituents is 1. The maximum Gasteiger partial charge on any atom is 0.306 e. The molecule has 1 aromatic carbocycles. The zero-order valence-electron chi connectivity index (χ0n) is 12.2. The van der Waals surface area contributed by atoms with Gasteiger partial charge in [-0.3, -0.25) is 35.3 Å². The van der Waals surface area contributed by atoms with Crippen molar-refractivity contribution >= 4 is 23.5 Å². The van der Waals surface area contributed by atoms with Gasteiger partial charge >= 0.3 is 5.97 Å². The molecule has 124 valence electrons. The van der Waals surface area contributed by atoms with Crippen LogP contribution in [0.15, 0.2) is 24.3 Å². The van der Waals surface area contributed by atoms with Crippen LogP contribution in [0.25, 0.3) is 0 Å². The van der Waals surface area contributed by atoms with E-state index in [1.165, 1.54) is 31.4 Å². The van der Waals surface area contributed by atoms with Crippen molar-refractivity contribution in [2.45, 2.75) is 12.8 Å². The molecule has 0 aromatic heterocycles. The van der Waals surface area contributed by atoms with Gasteiger partial charge in [0.05, 0.1) is 18.5 Å². The van der Waals surface area contributed by atoms with Crippen LogP contribution in [0.3, 0.4) is 0 Å². The zero-order chi connectivity index (χ0) is 17.2. The fourth-order valence-corrected chi connectivity index (χ4v) is 1.37. The van der Waals surface area contributed by atoms with Gasteiger partial charge in [-0.15, -0.1) is 0 Å². The number of amides is 2. The number of hydrazine groups is 1. The highest BCUT2D eigenvalue weighted by Gasteiger charge is 2.09. The smallest absolute Gasteiger partial charge is 0.306 e. The standard InChI is InChI=1S/C13H15N3O7/c1-22-13(19)7-6-11(17)14-15-12(18)8-23-10-4-2-9(3-5-10)16(20)21/h2-5H,6-8H2,1H3,(H,14,17)(H,15,18). The average molecular weight is 325 g/mol. The molecule has 2 N–H and O–H groups in total. The average Bonchev–Trinajstić information content (AvgIpc) is 2.56. The SMILES string of the molecule is COC(=O)CCC(=O)NNC(=O)COc1ccc([N+](=O)[O-])cc1. The van der Waals surface area contributed by atoms with Gasteiger partial charge in [0.25, 0.3) is 11.6 Å². The molecule has 0 unspecified atom stereocenters. The molecule has 10 heteroatoms. The molecule has 0 spiro atoms. The summed E-state index contributed by atoms with van der Waals surface area (Å²) >= 11 is 0. The predicted molar refractivity (Wildman–Crippen MR) is 76.1 cm³/mol. The summed E-state index contributed by atoms with van der Waals surface area (Å²) in [4.78, 5) is 43.5. The van der Waals surface area contributed by atoms with E-state index < -0.39 is 29.3 Å². The van der Waals surface area contributed by atoms with Gasteiger partial charge < -0.3 is 9.47 Å². The van der Waals surface area contributed by atoms with E-state index in [9.17, 15) is 24.5 Å². The zero-order valence-corrected chi connectivity index (χ0v) is 12.2. The number of hydrogen-bond donors (Lipinski definition) is 2. The van der Waals surface area contributed by atoms with E-state index in [4.69, 9.17) is 4.74 Å². The van der Waals surface area contributed by atoms with Gasteiger partial charge in [0.1, 0.15) is 5.75 Å². The molecule has 2 amide bonds. The summed E-state index contributed by atoms with van der Waals surface area (Å²) in [7, 11) is 1.21. The largest absolute Gasteiger partial charge is 0.484 e. The van der Waals surface area contributed by atoms with Crippen molar-refractivity contribution in [3.8, 4) is 5.75 Å². The number of rotatable bonds is 7. The fraction of sp³-hybridized carbons (Fsp3) is 0.308. The minimum atomic E-state index is -0.630.